The SMILES string of the molecule is c1ccc(-c2c3c(c(-c4ccccc4)c(-c4ccccc4)c2-c2ccccc2)CCCCCC3)cc1. The van der Waals surface area contributed by atoms with E-state index in [0.29, 0.717) is 0 Å². The van der Waals surface area contributed by atoms with Gasteiger partial charge in [0.1, 0.15) is 0 Å². The van der Waals surface area contributed by atoms with Crippen LogP contribution in [0.1, 0.15) is 36.8 Å². The molecule has 6 rings (SSSR count). The van der Waals surface area contributed by atoms with E-state index in [2.05, 4.69) is 121 Å². The molecule has 0 nitrogen and oxygen atoms in total. The van der Waals surface area contributed by atoms with Gasteiger partial charge in [0.25, 0.3) is 0 Å². The van der Waals surface area contributed by atoms with Crippen molar-refractivity contribution in [2.75, 3.05) is 0 Å². The molecule has 5 aromatic carbocycles. The highest BCUT2D eigenvalue weighted by molar-refractivity contribution is 6.04. The van der Waals surface area contributed by atoms with E-state index in [1.165, 1.54) is 70.2 Å². The van der Waals surface area contributed by atoms with Crippen molar-refractivity contribution in [2.24, 2.45) is 0 Å². The van der Waals surface area contributed by atoms with E-state index in [4.69, 9.17) is 0 Å². The van der Waals surface area contributed by atoms with E-state index in [1.807, 2.05) is 0 Å². The van der Waals surface area contributed by atoms with Crippen LogP contribution in [0, 0.1) is 0 Å². The Hall–Kier alpha value is -3.90. The summed E-state index contributed by atoms with van der Waals surface area (Å²) in [7, 11) is 0. The third-order valence-corrected chi connectivity index (χ3v) is 7.57. The van der Waals surface area contributed by atoms with Crippen LogP contribution in [0.5, 0.6) is 0 Å². The summed E-state index contributed by atoms with van der Waals surface area (Å²) >= 11 is 0. The van der Waals surface area contributed by atoms with Crippen molar-refractivity contribution in [3.8, 4) is 44.5 Å². The molecule has 0 unspecified atom stereocenters. The standard InChI is InChI=1S/C36H32/c1-2-16-26-32-31(25-15-1)33(27-17-7-3-8-18-27)35(29-21-11-5-12-22-29)36(30-23-13-6-14-24-30)34(32)28-19-9-4-10-20-28/h3-14,17-24H,1-2,15-16,25-26H2. The second-order valence-corrected chi connectivity index (χ2v) is 9.84. The lowest BCUT2D eigenvalue weighted by atomic mass is 9.74. The van der Waals surface area contributed by atoms with E-state index in [-0.39, 0.29) is 0 Å². The summed E-state index contributed by atoms with van der Waals surface area (Å²) in [6, 6.07) is 44.3. The minimum atomic E-state index is 1.13. The van der Waals surface area contributed by atoms with Crippen molar-refractivity contribution in [1.29, 1.82) is 0 Å². The van der Waals surface area contributed by atoms with Gasteiger partial charge in [-0.05, 0) is 81.3 Å². The molecule has 0 spiro atoms. The maximum Gasteiger partial charge on any atom is -0.00176 e. The van der Waals surface area contributed by atoms with Crippen molar-refractivity contribution in [2.45, 2.75) is 38.5 Å². The lowest BCUT2D eigenvalue weighted by Crippen LogP contribution is -2.08. The molecule has 36 heavy (non-hydrogen) atoms. The van der Waals surface area contributed by atoms with Gasteiger partial charge in [0, 0.05) is 0 Å². The molecule has 5 aromatic rings. The molecule has 0 bridgehead atoms. The van der Waals surface area contributed by atoms with Crippen LogP contribution < -0.4 is 0 Å². The molecule has 0 saturated carbocycles. The fraction of sp³-hybridized carbons (Fsp3) is 0.167. The van der Waals surface area contributed by atoms with Crippen LogP contribution in [0.4, 0.5) is 0 Å². The van der Waals surface area contributed by atoms with Crippen LogP contribution in [-0.4, -0.2) is 0 Å². The molecule has 0 saturated heterocycles. The molecule has 0 aromatic heterocycles. The summed E-state index contributed by atoms with van der Waals surface area (Å²) in [5.74, 6) is 0. The molecule has 0 radical (unpaired) electrons. The third kappa shape index (κ3) is 4.29. The molecule has 0 heterocycles. The van der Waals surface area contributed by atoms with Crippen LogP contribution in [0.3, 0.4) is 0 Å². The largest absolute Gasteiger partial charge is 0.0622 e. The average molecular weight is 465 g/mol. The van der Waals surface area contributed by atoms with Gasteiger partial charge in [-0.3, -0.25) is 0 Å². The molecule has 176 valence electrons. The predicted octanol–water partition coefficient (Wildman–Crippen LogP) is 10.0. The topological polar surface area (TPSA) is 0 Å². The van der Waals surface area contributed by atoms with Crippen LogP contribution in [0.25, 0.3) is 44.5 Å². The summed E-state index contributed by atoms with van der Waals surface area (Å²) in [6.45, 7) is 0. The van der Waals surface area contributed by atoms with Gasteiger partial charge >= 0.3 is 0 Å². The monoisotopic (exact) mass is 464 g/mol. The first-order chi connectivity index (χ1) is 17.9. The Morgan fingerprint density at radius 2 is 0.556 bits per heavy atom. The first-order valence-electron chi connectivity index (χ1n) is 13.3. The van der Waals surface area contributed by atoms with Gasteiger partial charge < -0.3 is 0 Å². The Morgan fingerprint density at radius 1 is 0.278 bits per heavy atom. The second kappa shape index (κ2) is 10.4. The maximum absolute atomic E-state index is 2.30. The third-order valence-electron chi connectivity index (χ3n) is 7.57. The summed E-state index contributed by atoms with van der Waals surface area (Å²) in [5, 5.41) is 0. The first kappa shape index (κ1) is 22.6. The van der Waals surface area contributed by atoms with Crippen molar-refractivity contribution in [3.05, 3.63) is 132 Å². The fourth-order valence-corrected chi connectivity index (χ4v) is 6.00. The highest BCUT2D eigenvalue weighted by atomic mass is 14.3. The Bertz CT molecular complexity index is 1320. The summed E-state index contributed by atoms with van der Waals surface area (Å²) < 4.78 is 0. The fourth-order valence-electron chi connectivity index (χ4n) is 6.00. The highest BCUT2D eigenvalue weighted by Crippen LogP contribution is 2.50. The van der Waals surface area contributed by atoms with Crippen LogP contribution >= 0.6 is 0 Å². The van der Waals surface area contributed by atoms with E-state index in [1.54, 1.807) is 11.1 Å². The van der Waals surface area contributed by atoms with E-state index in [0.717, 1.165) is 12.8 Å². The maximum atomic E-state index is 2.30. The zero-order chi connectivity index (χ0) is 24.2. The quantitative estimate of drug-likeness (QED) is 0.248. The first-order valence-corrected chi connectivity index (χ1v) is 13.3. The predicted molar refractivity (Wildman–Crippen MR) is 154 cm³/mol. The van der Waals surface area contributed by atoms with E-state index in [9.17, 15) is 0 Å². The Kier molecular flexibility index (Phi) is 6.50. The molecule has 0 heteroatoms. The summed E-state index contributed by atoms with van der Waals surface area (Å²) in [6.07, 6.45) is 7.40. The van der Waals surface area contributed by atoms with Crippen molar-refractivity contribution < 1.29 is 0 Å². The number of fused-ring (bicyclic) bond motifs is 1. The lowest BCUT2D eigenvalue weighted by Gasteiger charge is -2.29. The molecule has 0 atom stereocenters. The number of hydrogen-bond acceptors (Lipinski definition) is 0. The molecule has 0 aliphatic heterocycles. The van der Waals surface area contributed by atoms with E-state index < -0.39 is 0 Å². The van der Waals surface area contributed by atoms with Gasteiger partial charge in [0.2, 0.25) is 0 Å². The number of rotatable bonds is 4. The summed E-state index contributed by atoms with van der Waals surface area (Å²) in [5.41, 5.74) is 13.9. The summed E-state index contributed by atoms with van der Waals surface area (Å²) in [4.78, 5) is 0. The van der Waals surface area contributed by atoms with Crippen LogP contribution in [0.15, 0.2) is 121 Å². The van der Waals surface area contributed by atoms with Crippen molar-refractivity contribution in [3.63, 3.8) is 0 Å². The molecule has 0 N–H and O–H groups in total. The highest BCUT2D eigenvalue weighted by Gasteiger charge is 2.27. The van der Waals surface area contributed by atoms with Crippen LogP contribution in [-0.2, 0) is 12.8 Å². The Balaban J connectivity index is 1.84. The number of benzene rings is 5. The lowest BCUT2D eigenvalue weighted by molar-refractivity contribution is 0.618. The van der Waals surface area contributed by atoms with Gasteiger partial charge in [0.05, 0.1) is 0 Å². The molecule has 0 fully saturated rings. The molecule has 1 aliphatic carbocycles. The average Bonchev–Trinajstić information content (AvgIpc) is 2.94. The molecule has 1 aliphatic rings. The van der Waals surface area contributed by atoms with Gasteiger partial charge in [-0.25, -0.2) is 0 Å². The zero-order valence-corrected chi connectivity index (χ0v) is 20.8. The van der Waals surface area contributed by atoms with Gasteiger partial charge in [-0.1, -0.05) is 134 Å². The van der Waals surface area contributed by atoms with E-state index >= 15 is 0 Å². The zero-order valence-electron chi connectivity index (χ0n) is 20.8. The Morgan fingerprint density at radius 3 is 0.861 bits per heavy atom. The molecular formula is C36H32. The Labute approximate surface area is 215 Å². The van der Waals surface area contributed by atoms with Crippen LogP contribution in [0.2, 0.25) is 0 Å². The van der Waals surface area contributed by atoms with Crippen molar-refractivity contribution >= 4 is 0 Å². The molecular weight excluding hydrogens is 432 g/mol. The smallest absolute Gasteiger partial charge is 0.00176 e. The normalized spacial score (nSPS) is 13.4. The van der Waals surface area contributed by atoms with Gasteiger partial charge in [0.15, 0.2) is 0 Å². The minimum Gasteiger partial charge on any atom is -0.0622 e. The number of hydrogen-bond donors (Lipinski definition) is 0. The minimum absolute atomic E-state index is 1.13. The van der Waals surface area contributed by atoms with Gasteiger partial charge in [-0.2, -0.15) is 0 Å². The second-order valence-electron chi connectivity index (χ2n) is 9.84. The molecule has 0 amide bonds. The van der Waals surface area contributed by atoms with Crippen molar-refractivity contribution in [1.82, 2.24) is 0 Å². The van der Waals surface area contributed by atoms with Gasteiger partial charge in [-0.15, -0.1) is 0 Å².